The zero-order valence-corrected chi connectivity index (χ0v) is 10.8. The molecule has 0 aliphatic carbocycles. The van der Waals surface area contributed by atoms with Crippen LogP contribution in [0.2, 0.25) is 0 Å². The molecule has 0 unspecified atom stereocenters. The molecule has 6 nitrogen and oxygen atoms in total. The standard InChI is InChI=1S/C14H10FNO5/c1-21-14(20)7-2-3-8(11(15)4-7)10-6-16-12(17)5-9(10)13(18)19/h2-6H,1H3,(H,16,17)(H,18,19). The second-order valence-electron chi connectivity index (χ2n) is 4.12. The van der Waals surface area contributed by atoms with E-state index in [9.17, 15) is 18.8 Å². The molecule has 7 heteroatoms. The molecule has 2 aromatic rings. The third-order valence-corrected chi connectivity index (χ3v) is 2.84. The Morgan fingerprint density at radius 1 is 1.24 bits per heavy atom. The van der Waals surface area contributed by atoms with Gasteiger partial charge in [0, 0.05) is 23.4 Å². The Morgan fingerprint density at radius 3 is 2.52 bits per heavy atom. The molecule has 2 N–H and O–H groups in total. The Hall–Kier alpha value is -2.96. The number of methoxy groups -OCH3 is 1. The number of H-pyrrole nitrogens is 1. The van der Waals surface area contributed by atoms with E-state index in [1.807, 2.05) is 0 Å². The molecule has 0 bridgehead atoms. The van der Waals surface area contributed by atoms with E-state index in [4.69, 9.17) is 5.11 Å². The summed E-state index contributed by atoms with van der Waals surface area (Å²) >= 11 is 0. The van der Waals surface area contributed by atoms with Crippen LogP contribution in [0.25, 0.3) is 11.1 Å². The maximum Gasteiger partial charge on any atom is 0.337 e. The van der Waals surface area contributed by atoms with E-state index in [1.165, 1.54) is 19.2 Å². The van der Waals surface area contributed by atoms with Crippen LogP contribution in [-0.4, -0.2) is 29.1 Å². The van der Waals surface area contributed by atoms with Gasteiger partial charge in [-0.05, 0) is 12.1 Å². The highest BCUT2D eigenvalue weighted by atomic mass is 19.1. The van der Waals surface area contributed by atoms with Crippen molar-refractivity contribution >= 4 is 11.9 Å². The lowest BCUT2D eigenvalue weighted by atomic mass is 10.00. The molecular formula is C14H10FNO5. The van der Waals surface area contributed by atoms with Crippen LogP contribution in [0.3, 0.4) is 0 Å². The predicted molar refractivity (Wildman–Crippen MR) is 70.8 cm³/mol. The number of carbonyl (C=O) groups is 2. The summed E-state index contributed by atoms with van der Waals surface area (Å²) < 4.78 is 18.6. The first-order valence-corrected chi connectivity index (χ1v) is 5.78. The molecule has 0 saturated carbocycles. The van der Waals surface area contributed by atoms with Gasteiger partial charge in [-0.3, -0.25) is 4.79 Å². The Balaban J connectivity index is 2.60. The van der Waals surface area contributed by atoms with Crippen molar-refractivity contribution in [1.29, 1.82) is 0 Å². The van der Waals surface area contributed by atoms with Crippen LogP contribution in [0.5, 0.6) is 0 Å². The Kier molecular flexibility index (Phi) is 3.84. The molecule has 2 rings (SSSR count). The van der Waals surface area contributed by atoms with Crippen LogP contribution in [0.15, 0.2) is 35.3 Å². The first kappa shape index (κ1) is 14.4. The van der Waals surface area contributed by atoms with E-state index >= 15 is 0 Å². The summed E-state index contributed by atoms with van der Waals surface area (Å²) in [4.78, 5) is 35.9. The maximum absolute atomic E-state index is 14.1. The van der Waals surface area contributed by atoms with Crippen LogP contribution in [0, 0.1) is 5.82 Å². The van der Waals surface area contributed by atoms with Gasteiger partial charge in [-0.15, -0.1) is 0 Å². The number of halogens is 1. The Labute approximate surface area is 117 Å². The number of carboxylic acid groups (broad SMARTS) is 1. The number of aromatic nitrogens is 1. The summed E-state index contributed by atoms with van der Waals surface area (Å²) in [5.41, 5.74) is -0.974. The monoisotopic (exact) mass is 291 g/mol. The lowest BCUT2D eigenvalue weighted by Gasteiger charge is -2.08. The van der Waals surface area contributed by atoms with Crippen molar-refractivity contribution in [3.05, 3.63) is 57.8 Å². The molecule has 0 aliphatic heterocycles. The van der Waals surface area contributed by atoms with Gasteiger partial charge in [0.1, 0.15) is 5.82 Å². The lowest BCUT2D eigenvalue weighted by molar-refractivity contribution is 0.0599. The van der Waals surface area contributed by atoms with Gasteiger partial charge in [-0.2, -0.15) is 0 Å². The summed E-state index contributed by atoms with van der Waals surface area (Å²) in [5.74, 6) is -2.86. The van der Waals surface area contributed by atoms with Crippen molar-refractivity contribution in [3.8, 4) is 11.1 Å². The number of carbonyl (C=O) groups excluding carboxylic acids is 1. The summed E-state index contributed by atoms with van der Waals surface area (Å²) in [7, 11) is 1.17. The van der Waals surface area contributed by atoms with Crippen molar-refractivity contribution in [1.82, 2.24) is 4.98 Å². The molecule has 108 valence electrons. The second-order valence-corrected chi connectivity index (χ2v) is 4.12. The van der Waals surface area contributed by atoms with Crippen LogP contribution in [-0.2, 0) is 4.74 Å². The molecule has 21 heavy (non-hydrogen) atoms. The highest BCUT2D eigenvalue weighted by Gasteiger charge is 2.17. The number of nitrogens with one attached hydrogen (secondary N) is 1. The second kappa shape index (κ2) is 5.58. The number of aromatic carboxylic acids is 1. The lowest BCUT2D eigenvalue weighted by Crippen LogP contribution is -2.11. The van der Waals surface area contributed by atoms with Crippen molar-refractivity contribution in [2.45, 2.75) is 0 Å². The molecule has 0 saturated heterocycles. The minimum absolute atomic E-state index is 0.0000459. The fourth-order valence-corrected chi connectivity index (χ4v) is 1.85. The fourth-order valence-electron chi connectivity index (χ4n) is 1.85. The molecule has 1 aromatic carbocycles. The minimum atomic E-state index is -1.35. The number of hydrogen-bond acceptors (Lipinski definition) is 4. The maximum atomic E-state index is 14.1. The van der Waals surface area contributed by atoms with E-state index < -0.39 is 23.3 Å². The van der Waals surface area contributed by atoms with Crippen molar-refractivity contribution in [2.24, 2.45) is 0 Å². The normalized spacial score (nSPS) is 10.2. The number of hydrogen-bond donors (Lipinski definition) is 2. The van der Waals surface area contributed by atoms with E-state index in [2.05, 4.69) is 9.72 Å². The number of rotatable bonds is 3. The molecule has 0 aliphatic rings. The molecule has 0 fully saturated rings. The molecular weight excluding hydrogens is 281 g/mol. The number of aromatic amines is 1. The van der Waals surface area contributed by atoms with Crippen molar-refractivity contribution < 1.29 is 23.8 Å². The smallest absolute Gasteiger partial charge is 0.337 e. The number of benzene rings is 1. The molecule has 1 heterocycles. The largest absolute Gasteiger partial charge is 0.478 e. The average molecular weight is 291 g/mol. The molecule has 0 radical (unpaired) electrons. The molecule has 0 atom stereocenters. The van der Waals surface area contributed by atoms with Crippen LogP contribution in [0.1, 0.15) is 20.7 Å². The third-order valence-electron chi connectivity index (χ3n) is 2.84. The quantitative estimate of drug-likeness (QED) is 0.838. The topological polar surface area (TPSA) is 96.5 Å². The highest BCUT2D eigenvalue weighted by Crippen LogP contribution is 2.26. The SMILES string of the molecule is COC(=O)c1ccc(-c2c[nH]c(=O)cc2C(=O)O)c(F)c1. The number of esters is 1. The van der Waals surface area contributed by atoms with Gasteiger partial charge < -0.3 is 14.8 Å². The number of ether oxygens (including phenoxy) is 1. The minimum Gasteiger partial charge on any atom is -0.478 e. The predicted octanol–water partition coefficient (Wildman–Crippen LogP) is 1.67. The van der Waals surface area contributed by atoms with Gasteiger partial charge in [0.05, 0.1) is 18.2 Å². The van der Waals surface area contributed by atoms with E-state index in [0.717, 1.165) is 18.3 Å². The van der Waals surface area contributed by atoms with Gasteiger partial charge in [0.25, 0.3) is 0 Å². The summed E-state index contributed by atoms with van der Waals surface area (Å²) in [6, 6.07) is 4.37. The zero-order valence-electron chi connectivity index (χ0n) is 10.8. The van der Waals surface area contributed by atoms with Gasteiger partial charge in [0.2, 0.25) is 5.56 Å². The van der Waals surface area contributed by atoms with Crippen molar-refractivity contribution in [3.63, 3.8) is 0 Å². The highest BCUT2D eigenvalue weighted by molar-refractivity contribution is 5.96. The fraction of sp³-hybridized carbons (Fsp3) is 0.0714. The van der Waals surface area contributed by atoms with Crippen LogP contribution >= 0.6 is 0 Å². The Morgan fingerprint density at radius 2 is 1.95 bits per heavy atom. The summed E-state index contributed by atoms with van der Waals surface area (Å²) in [6.07, 6.45) is 1.11. The molecule has 0 spiro atoms. The van der Waals surface area contributed by atoms with Gasteiger partial charge >= 0.3 is 11.9 Å². The van der Waals surface area contributed by atoms with E-state index in [0.29, 0.717) is 0 Å². The molecule has 0 amide bonds. The van der Waals surface area contributed by atoms with E-state index in [1.54, 1.807) is 0 Å². The van der Waals surface area contributed by atoms with Gasteiger partial charge in [-0.25, -0.2) is 14.0 Å². The summed E-state index contributed by atoms with van der Waals surface area (Å²) in [6.45, 7) is 0. The zero-order chi connectivity index (χ0) is 15.6. The van der Waals surface area contributed by atoms with Crippen molar-refractivity contribution in [2.75, 3.05) is 7.11 Å². The first-order valence-electron chi connectivity index (χ1n) is 5.78. The van der Waals surface area contributed by atoms with Crippen LogP contribution < -0.4 is 5.56 Å². The third kappa shape index (κ3) is 2.81. The van der Waals surface area contributed by atoms with E-state index in [-0.39, 0.29) is 22.3 Å². The summed E-state index contributed by atoms with van der Waals surface area (Å²) in [5, 5.41) is 9.07. The van der Waals surface area contributed by atoms with Gasteiger partial charge in [0.15, 0.2) is 0 Å². The number of carboxylic acids is 1. The van der Waals surface area contributed by atoms with Crippen LogP contribution in [0.4, 0.5) is 4.39 Å². The molecule has 1 aromatic heterocycles. The first-order chi connectivity index (χ1) is 9.93. The average Bonchev–Trinajstić information content (AvgIpc) is 2.46. The number of pyridine rings is 1. The van der Waals surface area contributed by atoms with Gasteiger partial charge in [-0.1, -0.05) is 6.07 Å². The Bertz CT molecular complexity index is 781.